The number of aliphatic carboxylic acids is 4. The van der Waals surface area contributed by atoms with E-state index in [1.165, 1.54) is 0 Å². The first-order valence-corrected chi connectivity index (χ1v) is 6.91. The number of hydrogen-bond donors (Lipinski definition) is 4. The van der Waals surface area contributed by atoms with Crippen LogP contribution < -0.4 is 0 Å². The number of carbonyl (C=O) groups is 4. The Labute approximate surface area is 141 Å². The maximum atomic E-state index is 10.5. The van der Waals surface area contributed by atoms with Crippen LogP contribution in [0.4, 0.5) is 0 Å². The average Bonchev–Trinajstić information content (AvgIpc) is 2.43. The highest BCUT2D eigenvalue weighted by Crippen LogP contribution is 1.93. The van der Waals surface area contributed by atoms with Gasteiger partial charge in [0.1, 0.15) is 26.2 Å². The van der Waals surface area contributed by atoms with Crippen molar-refractivity contribution in [3.05, 3.63) is 0 Å². The fourth-order valence-corrected chi connectivity index (χ4v) is 1.45. The molecule has 0 bridgehead atoms. The van der Waals surface area contributed by atoms with Crippen molar-refractivity contribution in [3.8, 4) is 0 Å². The molecule has 144 valence electrons. The van der Waals surface area contributed by atoms with Crippen LogP contribution in [0.3, 0.4) is 0 Å². The summed E-state index contributed by atoms with van der Waals surface area (Å²) in [5.74, 6) is -5.03. The number of hydroxylamine groups is 4. The lowest BCUT2D eigenvalue weighted by Crippen LogP contribution is -2.36. The lowest BCUT2D eigenvalue weighted by molar-refractivity contribution is -0.197. The Bertz CT molecular complexity index is 384. The van der Waals surface area contributed by atoms with Crippen molar-refractivity contribution < 1.29 is 54.0 Å². The SMILES string of the molecule is O=C(O)CN(CC(=O)O)OCCOCCON(CC(=O)O)CC(=O)O. The molecule has 0 aromatic heterocycles. The molecule has 0 spiro atoms. The highest BCUT2D eigenvalue weighted by Gasteiger charge is 2.15. The molecule has 0 fully saturated rings. The van der Waals surface area contributed by atoms with Gasteiger partial charge < -0.3 is 25.2 Å². The molecule has 0 amide bonds. The summed E-state index contributed by atoms with van der Waals surface area (Å²) in [5.41, 5.74) is 0. The minimum absolute atomic E-state index is 0.0169. The zero-order chi connectivity index (χ0) is 19.2. The van der Waals surface area contributed by atoms with Crippen LogP contribution in [0.5, 0.6) is 0 Å². The molecule has 0 saturated heterocycles. The lowest BCUT2D eigenvalue weighted by atomic mass is 10.5. The average molecular weight is 368 g/mol. The summed E-state index contributed by atoms with van der Waals surface area (Å²) >= 11 is 0. The van der Waals surface area contributed by atoms with Crippen LogP contribution in [-0.2, 0) is 33.6 Å². The van der Waals surface area contributed by atoms with Crippen LogP contribution in [0.1, 0.15) is 0 Å². The molecule has 0 aliphatic heterocycles. The summed E-state index contributed by atoms with van der Waals surface area (Å²) in [4.78, 5) is 52.0. The second-order valence-electron chi connectivity index (χ2n) is 4.45. The number of ether oxygens (including phenoxy) is 1. The zero-order valence-corrected chi connectivity index (χ0v) is 13.2. The lowest BCUT2D eigenvalue weighted by Gasteiger charge is -2.18. The smallest absolute Gasteiger partial charge is 0.320 e. The Balaban J connectivity index is 3.91. The van der Waals surface area contributed by atoms with Crippen LogP contribution in [-0.4, -0.2) is 107 Å². The van der Waals surface area contributed by atoms with Gasteiger partial charge in [-0.1, -0.05) is 0 Å². The number of rotatable bonds is 16. The van der Waals surface area contributed by atoms with E-state index in [1.54, 1.807) is 0 Å². The zero-order valence-electron chi connectivity index (χ0n) is 13.2. The Morgan fingerprint density at radius 2 is 0.840 bits per heavy atom. The molecule has 0 aliphatic carbocycles. The van der Waals surface area contributed by atoms with Gasteiger partial charge in [-0.3, -0.25) is 28.9 Å². The summed E-state index contributed by atoms with van der Waals surface area (Å²) in [7, 11) is 0. The van der Waals surface area contributed by atoms with Gasteiger partial charge in [0, 0.05) is 0 Å². The quantitative estimate of drug-likeness (QED) is 0.170. The summed E-state index contributed by atoms with van der Waals surface area (Å²) in [5, 5.41) is 35.9. The second-order valence-corrected chi connectivity index (χ2v) is 4.45. The molecule has 13 heteroatoms. The predicted molar refractivity (Wildman–Crippen MR) is 76.4 cm³/mol. The molecule has 0 atom stereocenters. The van der Waals surface area contributed by atoms with Gasteiger partial charge >= 0.3 is 23.9 Å². The van der Waals surface area contributed by atoms with Crippen LogP contribution >= 0.6 is 0 Å². The van der Waals surface area contributed by atoms with E-state index >= 15 is 0 Å². The highest BCUT2D eigenvalue weighted by molar-refractivity contribution is 5.72. The standard InChI is InChI=1S/C12H20N2O11/c15-9(16)5-13(6-10(17)18)24-3-1-23-2-4-25-14(7-11(19)20)8-12(21)22/h1-8H2,(H,15,16)(H,17,18)(H,19,20)(H,21,22). The van der Waals surface area contributed by atoms with E-state index in [-0.39, 0.29) is 26.4 Å². The van der Waals surface area contributed by atoms with Crippen molar-refractivity contribution in [2.24, 2.45) is 0 Å². The molecular formula is C12H20N2O11. The first kappa shape index (κ1) is 22.7. The maximum absolute atomic E-state index is 10.5. The van der Waals surface area contributed by atoms with Crippen molar-refractivity contribution in [2.45, 2.75) is 0 Å². The first-order valence-electron chi connectivity index (χ1n) is 6.91. The minimum Gasteiger partial charge on any atom is -0.480 e. The Morgan fingerprint density at radius 1 is 0.560 bits per heavy atom. The normalized spacial score (nSPS) is 11.0. The monoisotopic (exact) mass is 368 g/mol. The van der Waals surface area contributed by atoms with Crippen molar-refractivity contribution in [2.75, 3.05) is 52.6 Å². The van der Waals surface area contributed by atoms with E-state index in [2.05, 4.69) is 0 Å². The molecular weight excluding hydrogens is 348 g/mol. The number of nitrogens with zero attached hydrogens (tertiary/aromatic N) is 2. The molecule has 25 heavy (non-hydrogen) atoms. The van der Waals surface area contributed by atoms with E-state index in [0.717, 1.165) is 10.1 Å². The van der Waals surface area contributed by atoms with Crippen LogP contribution in [0.25, 0.3) is 0 Å². The Hall–Kier alpha value is -2.32. The molecule has 0 heterocycles. The van der Waals surface area contributed by atoms with Gasteiger partial charge in [0.25, 0.3) is 0 Å². The third-order valence-electron chi connectivity index (χ3n) is 2.25. The molecule has 0 aliphatic rings. The molecule has 0 radical (unpaired) electrons. The van der Waals surface area contributed by atoms with E-state index in [1.807, 2.05) is 0 Å². The van der Waals surface area contributed by atoms with Crippen molar-refractivity contribution in [3.63, 3.8) is 0 Å². The van der Waals surface area contributed by atoms with Crippen molar-refractivity contribution >= 4 is 23.9 Å². The largest absolute Gasteiger partial charge is 0.480 e. The molecule has 13 nitrogen and oxygen atoms in total. The van der Waals surface area contributed by atoms with Gasteiger partial charge in [-0.25, -0.2) is 0 Å². The van der Waals surface area contributed by atoms with Gasteiger partial charge in [0.15, 0.2) is 0 Å². The number of hydrogen-bond acceptors (Lipinski definition) is 9. The number of carboxylic acid groups (broad SMARTS) is 4. The van der Waals surface area contributed by atoms with Gasteiger partial charge in [0.05, 0.1) is 26.4 Å². The summed E-state index contributed by atoms with van der Waals surface area (Å²) in [6.45, 7) is -2.73. The summed E-state index contributed by atoms with van der Waals surface area (Å²) in [6, 6.07) is 0. The molecule has 0 rings (SSSR count). The van der Waals surface area contributed by atoms with E-state index in [0.29, 0.717) is 0 Å². The molecule has 0 saturated carbocycles. The topological polar surface area (TPSA) is 183 Å². The van der Waals surface area contributed by atoms with E-state index < -0.39 is 50.1 Å². The Kier molecular flexibility index (Phi) is 11.8. The molecule has 0 aromatic carbocycles. The fourth-order valence-electron chi connectivity index (χ4n) is 1.45. The fraction of sp³-hybridized carbons (Fsp3) is 0.667. The van der Waals surface area contributed by atoms with Gasteiger partial charge in [-0.15, -0.1) is 0 Å². The van der Waals surface area contributed by atoms with Gasteiger partial charge in [-0.05, 0) is 0 Å². The summed E-state index contributed by atoms with van der Waals surface area (Å²) in [6.07, 6.45) is 0. The minimum atomic E-state index is -1.26. The van der Waals surface area contributed by atoms with Crippen LogP contribution in [0.15, 0.2) is 0 Å². The van der Waals surface area contributed by atoms with Gasteiger partial charge in [0.2, 0.25) is 0 Å². The van der Waals surface area contributed by atoms with E-state index in [4.69, 9.17) is 34.8 Å². The molecule has 0 aromatic rings. The third-order valence-corrected chi connectivity index (χ3v) is 2.25. The summed E-state index contributed by atoms with van der Waals surface area (Å²) < 4.78 is 5.06. The first-order chi connectivity index (χ1) is 11.7. The second kappa shape index (κ2) is 13.0. The molecule has 4 N–H and O–H groups in total. The maximum Gasteiger partial charge on any atom is 0.320 e. The van der Waals surface area contributed by atoms with Crippen molar-refractivity contribution in [1.82, 2.24) is 10.1 Å². The van der Waals surface area contributed by atoms with E-state index in [9.17, 15) is 19.2 Å². The highest BCUT2D eigenvalue weighted by atomic mass is 16.7. The molecule has 0 unspecified atom stereocenters. The van der Waals surface area contributed by atoms with Crippen molar-refractivity contribution in [1.29, 1.82) is 0 Å². The van der Waals surface area contributed by atoms with Crippen LogP contribution in [0, 0.1) is 0 Å². The number of carboxylic acids is 4. The third kappa shape index (κ3) is 15.0. The Morgan fingerprint density at radius 3 is 1.08 bits per heavy atom. The predicted octanol–water partition coefficient (Wildman–Crippen LogP) is -2.19. The van der Waals surface area contributed by atoms with Gasteiger partial charge in [-0.2, -0.15) is 10.1 Å². The van der Waals surface area contributed by atoms with Crippen LogP contribution in [0.2, 0.25) is 0 Å².